The molecule has 0 unspecified atom stereocenters. The molecule has 1 aromatic carbocycles. The van der Waals surface area contributed by atoms with Crippen LogP contribution in [0.15, 0.2) is 24.3 Å². The van der Waals surface area contributed by atoms with Gasteiger partial charge in [-0.1, -0.05) is 6.92 Å². The number of amides is 2. The van der Waals surface area contributed by atoms with Crippen LogP contribution in [0.25, 0.3) is 0 Å². The average molecular weight is 370 g/mol. The maximum Gasteiger partial charge on any atom is 0.251 e. The molecule has 4 bridgehead atoms. The van der Waals surface area contributed by atoms with E-state index in [9.17, 15) is 14.7 Å². The highest BCUT2D eigenvalue weighted by Crippen LogP contribution is 2.62. The van der Waals surface area contributed by atoms with E-state index in [1.165, 1.54) is 6.42 Å². The Hall–Kier alpha value is -1.88. The normalized spacial score (nSPS) is 33.7. The molecule has 0 radical (unpaired) electrons. The smallest absolute Gasteiger partial charge is 0.251 e. The fourth-order valence-corrected chi connectivity index (χ4v) is 6.20. The first kappa shape index (κ1) is 18.5. The van der Waals surface area contributed by atoms with E-state index in [1.807, 2.05) is 6.92 Å². The van der Waals surface area contributed by atoms with Gasteiger partial charge in [0.15, 0.2) is 0 Å². The van der Waals surface area contributed by atoms with E-state index in [-0.39, 0.29) is 17.2 Å². The van der Waals surface area contributed by atoms with Gasteiger partial charge < -0.3 is 15.7 Å². The second kappa shape index (κ2) is 6.93. The van der Waals surface area contributed by atoms with Crippen molar-refractivity contribution in [3.8, 4) is 0 Å². The Morgan fingerprint density at radius 2 is 1.78 bits per heavy atom. The van der Waals surface area contributed by atoms with Gasteiger partial charge in [-0.15, -0.1) is 0 Å². The molecule has 2 atom stereocenters. The Kier molecular flexibility index (Phi) is 4.75. The van der Waals surface area contributed by atoms with Gasteiger partial charge in [0.1, 0.15) is 0 Å². The molecule has 4 aliphatic carbocycles. The first-order valence-corrected chi connectivity index (χ1v) is 10.3. The Morgan fingerprint density at radius 3 is 2.37 bits per heavy atom. The lowest BCUT2D eigenvalue weighted by Gasteiger charge is -2.60. The fraction of sp³-hybridized carbons (Fsp3) is 0.636. The van der Waals surface area contributed by atoms with Crippen molar-refractivity contribution in [1.82, 2.24) is 5.32 Å². The van der Waals surface area contributed by atoms with Gasteiger partial charge in [0.2, 0.25) is 5.91 Å². The third kappa shape index (κ3) is 3.88. The lowest BCUT2D eigenvalue weighted by molar-refractivity contribution is -0.167. The van der Waals surface area contributed by atoms with Crippen LogP contribution in [0.1, 0.15) is 68.6 Å². The molecular weight excluding hydrogens is 340 g/mol. The third-order valence-corrected chi connectivity index (χ3v) is 6.65. The molecule has 0 saturated heterocycles. The van der Waals surface area contributed by atoms with Crippen molar-refractivity contribution in [2.24, 2.45) is 17.3 Å². The summed E-state index contributed by atoms with van der Waals surface area (Å²) >= 11 is 0. The molecule has 2 amide bonds. The Balaban J connectivity index is 1.36. The first-order valence-electron chi connectivity index (χ1n) is 10.3. The minimum absolute atomic E-state index is 0.0173. The number of benzene rings is 1. The number of hydrogen-bond donors (Lipinski definition) is 3. The monoisotopic (exact) mass is 370 g/mol. The quantitative estimate of drug-likeness (QED) is 0.717. The molecule has 0 spiro atoms. The molecular formula is C22H30N2O3. The predicted octanol–water partition coefficient (Wildman–Crippen LogP) is 3.49. The molecule has 5 heteroatoms. The summed E-state index contributed by atoms with van der Waals surface area (Å²) in [6, 6.07) is 7.06. The van der Waals surface area contributed by atoms with Crippen LogP contribution in [0, 0.1) is 17.3 Å². The summed E-state index contributed by atoms with van der Waals surface area (Å²) in [5.74, 6) is 1.11. The van der Waals surface area contributed by atoms with Gasteiger partial charge in [0, 0.05) is 24.2 Å². The number of anilines is 1. The molecule has 27 heavy (non-hydrogen) atoms. The fourth-order valence-electron chi connectivity index (χ4n) is 6.20. The van der Waals surface area contributed by atoms with E-state index in [0.717, 1.165) is 44.2 Å². The zero-order chi connectivity index (χ0) is 19.1. The Morgan fingerprint density at radius 1 is 1.11 bits per heavy atom. The molecule has 0 aromatic heterocycles. The van der Waals surface area contributed by atoms with Gasteiger partial charge in [-0.3, -0.25) is 9.59 Å². The van der Waals surface area contributed by atoms with Gasteiger partial charge in [-0.2, -0.15) is 0 Å². The Bertz CT molecular complexity index is 714. The second-order valence-corrected chi connectivity index (χ2v) is 9.24. The average Bonchev–Trinajstić information content (AvgIpc) is 2.57. The minimum atomic E-state index is -0.530. The highest BCUT2D eigenvalue weighted by atomic mass is 16.3. The summed E-state index contributed by atoms with van der Waals surface area (Å²) in [7, 11) is 0. The molecule has 1 aromatic rings. The molecule has 4 aliphatic rings. The standard InChI is InChI=1S/C22H30N2O3/c1-2-7-23-20(26)17-3-5-18(6-4-17)24-19(25)13-21-9-15-8-16(10-21)12-22(27,11-15)14-21/h3-6,15-16,27H,2,7-14H2,1H3,(H,23,26)(H,24,25)/t15-,16-,21?,22?/m1/s1. The van der Waals surface area contributed by atoms with Crippen molar-refractivity contribution >= 4 is 17.5 Å². The van der Waals surface area contributed by atoms with Crippen LogP contribution in [0.4, 0.5) is 5.69 Å². The number of carbonyl (C=O) groups excluding carboxylic acids is 2. The van der Waals surface area contributed by atoms with Crippen molar-refractivity contribution in [3.05, 3.63) is 29.8 Å². The van der Waals surface area contributed by atoms with Crippen molar-refractivity contribution < 1.29 is 14.7 Å². The highest BCUT2D eigenvalue weighted by Gasteiger charge is 2.57. The third-order valence-electron chi connectivity index (χ3n) is 6.65. The molecule has 3 N–H and O–H groups in total. The van der Waals surface area contributed by atoms with Crippen molar-refractivity contribution in [2.75, 3.05) is 11.9 Å². The SMILES string of the molecule is CCCNC(=O)c1ccc(NC(=O)CC23C[C@H]4C[C@@H](CC(O)(C4)C2)C3)cc1. The summed E-state index contributed by atoms with van der Waals surface area (Å²) in [5, 5.41) is 16.7. The maximum absolute atomic E-state index is 12.7. The molecule has 4 fully saturated rings. The molecule has 0 heterocycles. The van der Waals surface area contributed by atoms with Crippen LogP contribution in [0.3, 0.4) is 0 Å². The summed E-state index contributed by atoms with van der Waals surface area (Å²) in [6.07, 6.45) is 7.40. The second-order valence-electron chi connectivity index (χ2n) is 9.24. The van der Waals surface area contributed by atoms with Crippen LogP contribution < -0.4 is 10.6 Å². The van der Waals surface area contributed by atoms with Crippen LogP contribution in [0.2, 0.25) is 0 Å². The van der Waals surface area contributed by atoms with E-state index in [4.69, 9.17) is 0 Å². The zero-order valence-corrected chi connectivity index (χ0v) is 16.1. The summed E-state index contributed by atoms with van der Waals surface area (Å²) in [5.41, 5.74) is 0.765. The van der Waals surface area contributed by atoms with Crippen LogP contribution in [-0.2, 0) is 4.79 Å². The molecule has 5 nitrogen and oxygen atoms in total. The van der Waals surface area contributed by atoms with Crippen molar-refractivity contribution in [3.63, 3.8) is 0 Å². The summed E-state index contributed by atoms with van der Waals surface area (Å²) in [4.78, 5) is 24.7. The Labute approximate surface area is 160 Å². The minimum Gasteiger partial charge on any atom is -0.390 e. The van der Waals surface area contributed by atoms with Crippen molar-refractivity contribution in [1.29, 1.82) is 0 Å². The lowest BCUT2D eigenvalue weighted by Crippen LogP contribution is -2.56. The number of hydrogen-bond acceptors (Lipinski definition) is 3. The lowest BCUT2D eigenvalue weighted by atomic mass is 9.47. The largest absolute Gasteiger partial charge is 0.390 e. The molecule has 4 saturated carbocycles. The summed E-state index contributed by atoms with van der Waals surface area (Å²) < 4.78 is 0. The van der Waals surface area contributed by atoms with Gasteiger partial charge in [0.05, 0.1) is 5.60 Å². The van der Waals surface area contributed by atoms with Gasteiger partial charge in [-0.05, 0) is 86.5 Å². The van der Waals surface area contributed by atoms with Crippen LogP contribution in [0.5, 0.6) is 0 Å². The molecule has 5 rings (SSSR count). The van der Waals surface area contributed by atoms with Crippen LogP contribution >= 0.6 is 0 Å². The number of nitrogens with one attached hydrogen (secondary N) is 2. The summed E-state index contributed by atoms with van der Waals surface area (Å²) in [6.45, 7) is 2.68. The van der Waals surface area contributed by atoms with Gasteiger partial charge in [0.25, 0.3) is 5.91 Å². The van der Waals surface area contributed by atoms with E-state index in [1.54, 1.807) is 24.3 Å². The molecule has 0 aliphatic heterocycles. The topological polar surface area (TPSA) is 78.4 Å². The van der Waals surface area contributed by atoms with E-state index >= 15 is 0 Å². The predicted molar refractivity (Wildman–Crippen MR) is 104 cm³/mol. The number of carbonyl (C=O) groups is 2. The van der Waals surface area contributed by atoms with E-state index in [0.29, 0.717) is 30.4 Å². The van der Waals surface area contributed by atoms with E-state index in [2.05, 4.69) is 10.6 Å². The van der Waals surface area contributed by atoms with Crippen LogP contribution in [-0.4, -0.2) is 29.1 Å². The van der Waals surface area contributed by atoms with E-state index < -0.39 is 5.60 Å². The number of aliphatic hydroxyl groups is 1. The number of rotatable bonds is 6. The highest BCUT2D eigenvalue weighted by molar-refractivity contribution is 5.95. The maximum atomic E-state index is 12.7. The van der Waals surface area contributed by atoms with Gasteiger partial charge in [-0.25, -0.2) is 0 Å². The molecule has 146 valence electrons. The first-order chi connectivity index (χ1) is 12.9. The van der Waals surface area contributed by atoms with Gasteiger partial charge >= 0.3 is 0 Å². The van der Waals surface area contributed by atoms with Crippen molar-refractivity contribution in [2.45, 2.75) is 63.9 Å². The zero-order valence-electron chi connectivity index (χ0n) is 16.1.